The fraction of sp³-hybridized carbons (Fsp3) is 0.688. The number of nitrogens with zero attached hydrogens (tertiary/aromatic N) is 2. The zero-order valence-corrected chi connectivity index (χ0v) is 12.6. The minimum Gasteiger partial charge on any atom is -0.371 e. The number of pyridine rings is 1. The van der Waals surface area contributed by atoms with Crippen molar-refractivity contribution in [1.29, 1.82) is 0 Å². The van der Waals surface area contributed by atoms with Crippen molar-refractivity contribution in [2.75, 3.05) is 18.8 Å². The first-order chi connectivity index (χ1) is 9.83. The second kappa shape index (κ2) is 5.32. The lowest BCUT2D eigenvalue weighted by atomic mass is 9.84. The Morgan fingerprint density at radius 3 is 2.95 bits per heavy atom. The largest absolute Gasteiger partial charge is 0.371 e. The number of ether oxygens (including phenoxy) is 1. The maximum Gasteiger partial charge on any atom is 0.0892 e. The molecule has 3 nitrogen and oxygen atoms in total. The van der Waals surface area contributed by atoms with Gasteiger partial charge >= 0.3 is 0 Å². The van der Waals surface area contributed by atoms with Crippen LogP contribution < -0.4 is 0 Å². The highest BCUT2D eigenvalue weighted by Gasteiger charge is 2.51. The zero-order chi connectivity index (χ0) is 13.4. The van der Waals surface area contributed by atoms with Gasteiger partial charge in [-0.2, -0.15) is 0 Å². The van der Waals surface area contributed by atoms with Crippen LogP contribution in [0.5, 0.6) is 0 Å². The van der Waals surface area contributed by atoms with Crippen molar-refractivity contribution in [2.45, 2.75) is 49.2 Å². The minimum absolute atomic E-state index is 0.422. The van der Waals surface area contributed by atoms with Crippen LogP contribution in [0.2, 0.25) is 0 Å². The summed E-state index contributed by atoms with van der Waals surface area (Å²) in [6, 6.07) is 6.93. The predicted molar refractivity (Wildman–Crippen MR) is 81.8 cm³/mol. The van der Waals surface area contributed by atoms with Gasteiger partial charge in [0.15, 0.2) is 0 Å². The van der Waals surface area contributed by atoms with Gasteiger partial charge in [0.25, 0.3) is 0 Å². The quantitative estimate of drug-likeness (QED) is 0.851. The van der Waals surface area contributed by atoms with Crippen molar-refractivity contribution in [3.8, 4) is 0 Å². The molecule has 3 fully saturated rings. The normalized spacial score (nSPS) is 29.3. The first-order valence-corrected chi connectivity index (χ1v) is 8.71. The average molecular weight is 290 g/mol. The summed E-state index contributed by atoms with van der Waals surface area (Å²) in [5.41, 5.74) is 1.04. The summed E-state index contributed by atoms with van der Waals surface area (Å²) >= 11 is 2.14. The highest BCUT2D eigenvalue weighted by molar-refractivity contribution is 8.01. The lowest BCUT2D eigenvalue weighted by Crippen LogP contribution is -2.63. The summed E-state index contributed by atoms with van der Waals surface area (Å²) in [6.07, 6.45) is 7.79. The molecule has 4 rings (SSSR count). The molecule has 3 aliphatic rings. The summed E-state index contributed by atoms with van der Waals surface area (Å²) in [5, 5.41) is 0. The molecule has 0 amide bonds. The molecule has 0 N–H and O–H groups in total. The van der Waals surface area contributed by atoms with E-state index >= 15 is 0 Å². The summed E-state index contributed by atoms with van der Waals surface area (Å²) in [7, 11) is 0. The Bertz CT molecular complexity index is 457. The average Bonchev–Trinajstić information content (AvgIpc) is 2.80. The van der Waals surface area contributed by atoms with E-state index in [-0.39, 0.29) is 0 Å². The molecule has 2 saturated heterocycles. The van der Waals surface area contributed by atoms with Crippen LogP contribution in [0.3, 0.4) is 0 Å². The summed E-state index contributed by atoms with van der Waals surface area (Å²) in [6.45, 7) is 3.26. The van der Waals surface area contributed by atoms with Crippen LogP contribution in [0.15, 0.2) is 24.4 Å². The summed E-state index contributed by atoms with van der Waals surface area (Å²) in [5.74, 6) is 1.16. The van der Waals surface area contributed by atoms with Crippen molar-refractivity contribution in [1.82, 2.24) is 9.88 Å². The fourth-order valence-electron chi connectivity index (χ4n) is 3.52. The monoisotopic (exact) mass is 290 g/mol. The Kier molecular flexibility index (Phi) is 3.49. The number of hydrogen-bond donors (Lipinski definition) is 0. The van der Waals surface area contributed by atoms with Crippen molar-refractivity contribution in [2.24, 2.45) is 0 Å². The van der Waals surface area contributed by atoms with Gasteiger partial charge in [-0.15, -0.1) is 11.8 Å². The number of aromatic nitrogens is 1. The molecule has 1 saturated carbocycles. The van der Waals surface area contributed by atoms with E-state index in [1.807, 2.05) is 24.4 Å². The molecule has 0 unspecified atom stereocenters. The van der Waals surface area contributed by atoms with Crippen LogP contribution in [-0.4, -0.2) is 45.6 Å². The van der Waals surface area contributed by atoms with Gasteiger partial charge in [0, 0.05) is 35.8 Å². The van der Waals surface area contributed by atoms with E-state index in [0.717, 1.165) is 17.5 Å². The van der Waals surface area contributed by atoms with Crippen molar-refractivity contribution >= 4 is 11.8 Å². The topological polar surface area (TPSA) is 25.4 Å². The third kappa shape index (κ3) is 2.49. The van der Waals surface area contributed by atoms with E-state index < -0.39 is 0 Å². The van der Waals surface area contributed by atoms with Gasteiger partial charge in [0.05, 0.1) is 18.4 Å². The van der Waals surface area contributed by atoms with Crippen LogP contribution in [0, 0.1) is 0 Å². The number of hydrogen-bond acceptors (Lipinski definition) is 4. The lowest BCUT2D eigenvalue weighted by Gasteiger charge is -2.53. The molecule has 1 atom stereocenters. The Labute approximate surface area is 125 Å². The van der Waals surface area contributed by atoms with Crippen molar-refractivity contribution in [3.63, 3.8) is 0 Å². The van der Waals surface area contributed by atoms with Gasteiger partial charge in [-0.1, -0.05) is 12.5 Å². The van der Waals surface area contributed by atoms with E-state index in [4.69, 9.17) is 4.74 Å². The highest BCUT2D eigenvalue weighted by atomic mass is 32.2. The second-order valence-corrected chi connectivity index (χ2v) is 7.93. The summed E-state index contributed by atoms with van der Waals surface area (Å²) < 4.78 is 6.57. The van der Waals surface area contributed by atoms with Gasteiger partial charge in [-0.3, -0.25) is 9.88 Å². The van der Waals surface area contributed by atoms with Gasteiger partial charge in [0.2, 0.25) is 0 Å². The molecular weight excluding hydrogens is 268 g/mol. The zero-order valence-electron chi connectivity index (χ0n) is 11.8. The third-order valence-electron chi connectivity index (χ3n) is 4.94. The predicted octanol–water partition coefficient (Wildman–Crippen LogP) is 2.71. The molecule has 0 radical (unpaired) electrons. The molecule has 20 heavy (non-hydrogen) atoms. The van der Waals surface area contributed by atoms with Crippen LogP contribution in [0.4, 0.5) is 0 Å². The lowest BCUT2D eigenvalue weighted by molar-refractivity contribution is -0.000231. The third-order valence-corrected chi connectivity index (χ3v) is 6.52. The molecule has 0 aromatic carbocycles. The summed E-state index contributed by atoms with van der Waals surface area (Å²) in [4.78, 5) is 7.02. The molecule has 2 aliphatic heterocycles. The molecule has 1 aromatic heterocycles. The molecule has 4 heteroatoms. The molecule has 1 aliphatic carbocycles. The van der Waals surface area contributed by atoms with Crippen LogP contribution in [0.1, 0.15) is 31.4 Å². The minimum atomic E-state index is 0.422. The molecule has 3 heterocycles. The van der Waals surface area contributed by atoms with Crippen LogP contribution in [-0.2, 0) is 11.3 Å². The van der Waals surface area contributed by atoms with Gasteiger partial charge in [-0.25, -0.2) is 0 Å². The van der Waals surface area contributed by atoms with Crippen molar-refractivity contribution in [3.05, 3.63) is 30.1 Å². The van der Waals surface area contributed by atoms with Crippen molar-refractivity contribution < 1.29 is 4.74 Å². The van der Waals surface area contributed by atoms with Crippen LogP contribution in [0.25, 0.3) is 0 Å². The first kappa shape index (κ1) is 13.1. The SMILES string of the molecule is c1ccc(CO[C@H]2CSC3(C2)CN(C2CCC2)C3)nc1. The highest BCUT2D eigenvalue weighted by Crippen LogP contribution is 2.48. The Morgan fingerprint density at radius 1 is 1.35 bits per heavy atom. The standard InChI is InChI=1S/C16H22N2OS/c1-2-7-17-13(4-1)9-19-15-8-16(20-10-15)11-18(12-16)14-5-3-6-14/h1-2,4,7,14-15H,3,5-6,8-12H2/t15-/m1/s1. The fourth-order valence-corrected chi connectivity index (χ4v) is 5.09. The molecular formula is C16H22N2OS. The number of thioether (sulfide) groups is 1. The van der Waals surface area contributed by atoms with Crippen LogP contribution >= 0.6 is 11.8 Å². The second-order valence-electron chi connectivity index (χ2n) is 6.44. The first-order valence-electron chi connectivity index (χ1n) is 7.73. The Hall–Kier alpha value is -0.580. The smallest absolute Gasteiger partial charge is 0.0892 e. The maximum atomic E-state index is 6.05. The van der Waals surface area contributed by atoms with Gasteiger partial charge in [-0.05, 0) is 31.4 Å². The molecule has 0 bridgehead atoms. The van der Waals surface area contributed by atoms with Gasteiger partial charge in [0.1, 0.15) is 0 Å². The number of rotatable bonds is 4. The Morgan fingerprint density at radius 2 is 2.25 bits per heavy atom. The number of likely N-dealkylation sites (tertiary alicyclic amines) is 1. The molecule has 1 spiro atoms. The molecule has 1 aromatic rings. The maximum absolute atomic E-state index is 6.05. The van der Waals surface area contributed by atoms with E-state index in [2.05, 4.69) is 21.6 Å². The van der Waals surface area contributed by atoms with E-state index in [0.29, 0.717) is 17.5 Å². The van der Waals surface area contributed by atoms with E-state index in [1.54, 1.807) is 0 Å². The van der Waals surface area contributed by atoms with E-state index in [9.17, 15) is 0 Å². The Balaban J connectivity index is 1.25. The van der Waals surface area contributed by atoms with E-state index in [1.165, 1.54) is 38.8 Å². The van der Waals surface area contributed by atoms with Gasteiger partial charge < -0.3 is 4.74 Å². The molecule has 108 valence electrons.